The number of aryl methyl sites for hydroxylation is 1. The zero-order valence-corrected chi connectivity index (χ0v) is 14.5. The molecule has 0 N–H and O–H groups in total. The summed E-state index contributed by atoms with van der Waals surface area (Å²) in [6.45, 7) is 3.51. The molecule has 0 aromatic carbocycles. The third-order valence-corrected chi connectivity index (χ3v) is 4.38. The van der Waals surface area contributed by atoms with E-state index in [0.717, 1.165) is 43.7 Å². The summed E-state index contributed by atoms with van der Waals surface area (Å²) in [6, 6.07) is 3.74. The number of anilines is 1. The van der Waals surface area contributed by atoms with E-state index < -0.39 is 0 Å². The predicted octanol–water partition coefficient (Wildman–Crippen LogP) is 1.74. The number of carbonyl (C=O) groups excluding carboxylic acids is 1. The number of rotatable bonds is 4. The first kappa shape index (κ1) is 16.4. The third-order valence-electron chi connectivity index (χ3n) is 4.38. The quantitative estimate of drug-likeness (QED) is 0.855. The van der Waals surface area contributed by atoms with Gasteiger partial charge in [-0.25, -0.2) is 0 Å². The van der Waals surface area contributed by atoms with Crippen molar-refractivity contribution in [3.8, 4) is 0 Å². The van der Waals surface area contributed by atoms with E-state index in [-0.39, 0.29) is 11.9 Å². The minimum Gasteiger partial charge on any atom is -0.361 e. The van der Waals surface area contributed by atoms with Crippen LogP contribution in [-0.4, -0.2) is 57.5 Å². The molecule has 1 unspecified atom stereocenters. The van der Waals surface area contributed by atoms with Crippen molar-refractivity contribution in [2.45, 2.75) is 38.8 Å². The van der Waals surface area contributed by atoms with Gasteiger partial charge in [0.15, 0.2) is 11.5 Å². The fourth-order valence-electron chi connectivity index (χ4n) is 3.07. The average Bonchev–Trinajstić information content (AvgIpc) is 3.00. The van der Waals surface area contributed by atoms with Crippen LogP contribution in [0.5, 0.6) is 0 Å². The van der Waals surface area contributed by atoms with Crippen LogP contribution in [-0.2, 0) is 6.54 Å². The fourth-order valence-corrected chi connectivity index (χ4v) is 3.07. The van der Waals surface area contributed by atoms with Crippen LogP contribution in [0.15, 0.2) is 24.5 Å². The highest BCUT2D eigenvalue weighted by Crippen LogP contribution is 2.21. The van der Waals surface area contributed by atoms with E-state index in [9.17, 15) is 4.79 Å². The molecular weight excluding hydrogens is 304 g/mol. The van der Waals surface area contributed by atoms with Crippen molar-refractivity contribution in [1.82, 2.24) is 24.9 Å². The van der Waals surface area contributed by atoms with Crippen molar-refractivity contribution in [1.29, 1.82) is 0 Å². The largest absolute Gasteiger partial charge is 0.361 e. The molecule has 24 heavy (non-hydrogen) atoms. The van der Waals surface area contributed by atoms with Crippen molar-refractivity contribution in [2.75, 3.05) is 25.5 Å². The van der Waals surface area contributed by atoms with Gasteiger partial charge in [0, 0.05) is 26.8 Å². The predicted molar refractivity (Wildman–Crippen MR) is 92.0 cm³/mol. The number of likely N-dealkylation sites (tertiary alicyclic amines) is 1. The first-order valence-corrected chi connectivity index (χ1v) is 8.35. The van der Waals surface area contributed by atoms with Gasteiger partial charge >= 0.3 is 0 Å². The van der Waals surface area contributed by atoms with Gasteiger partial charge in [0.25, 0.3) is 5.91 Å². The van der Waals surface area contributed by atoms with E-state index in [0.29, 0.717) is 5.69 Å². The first-order chi connectivity index (χ1) is 11.5. The highest BCUT2D eigenvalue weighted by molar-refractivity contribution is 5.92. The molecule has 3 heterocycles. The highest BCUT2D eigenvalue weighted by Gasteiger charge is 2.29. The Hall–Kier alpha value is -2.44. The first-order valence-electron chi connectivity index (χ1n) is 8.35. The molecule has 0 bridgehead atoms. The summed E-state index contributed by atoms with van der Waals surface area (Å²) in [4.78, 5) is 16.7. The van der Waals surface area contributed by atoms with Crippen LogP contribution in [0, 0.1) is 6.92 Å². The summed E-state index contributed by atoms with van der Waals surface area (Å²) in [5.74, 6) is 0.704. The Bertz CT molecular complexity index is 693. The lowest BCUT2D eigenvalue weighted by Crippen LogP contribution is -2.46. The molecule has 0 radical (unpaired) electrons. The van der Waals surface area contributed by atoms with Gasteiger partial charge in [-0.2, -0.15) is 5.10 Å². The topological polar surface area (TPSA) is 67.2 Å². The number of piperidine rings is 1. The van der Waals surface area contributed by atoms with Crippen LogP contribution in [0.1, 0.15) is 35.3 Å². The second-order valence-corrected chi connectivity index (χ2v) is 6.56. The zero-order chi connectivity index (χ0) is 17.1. The van der Waals surface area contributed by atoms with Gasteiger partial charge in [-0.15, -0.1) is 10.2 Å². The second kappa shape index (κ2) is 6.98. The summed E-state index contributed by atoms with van der Waals surface area (Å²) >= 11 is 0. The third kappa shape index (κ3) is 3.55. The molecule has 0 spiro atoms. The molecule has 1 aliphatic heterocycles. The Morgan fingerprint density at radius 1 is 1.29 bits per heavy atom. The molecule has 1 fully saturated rings. The summed E-state index contributed by atoms with van der Waals surface area (Å²) in [5.41, 5.74) is 1.54. The second-order valence-electron chi connectivity index (χ2n) is 6.56. The minimum atomic E-state index is -0.0404. The Labute approximate surface area is 142 Å². The van der Waals surface area contributed by atoms with E-state index in [1.54, 1.807) is 6.07 Å². The van der Waals surface area contributed by atoms with E-state index >= 15 is 0 Å². The van der Waals surface area contributed by atoms with E-state index in [1.807, 2.05) is 54.0 Å². The standard InChI is InChI=1S/C17H24N6O/c1-13-10-18-22(11-13)12-14-6-4-5-9-23(14)17(24)15-7-8-16(20-19-15)21(2)3/h7-8,10-11,14H,4-6,9,12H2,1-3H3. The SMILES string of the molecule is Cc1cnn(CC2CCCCN2C(=O)c2ccc(N(C)C)nn2)c1. The number of nitrogens with zero attached hydrogens (tertiary/aromatic N) is 6. The molecule has 7 nitrogen and oxygen atoms in total. The Balaban J connectivity index is 1.75. The van der Waals surface area contributed by atoms with Crippen molar-refractivity contribution in [3.05, 3.63) is 35.8 Å². The molecule has 0 aliphatic carbocycles. The number of amides is 1. The fraction of sp³-hybridized carbons (Fsp3) is 0.529. The highest BCUT2D eigenvalue weighted by atomic mass is 16.2. The minimum absolute atomic E-state index is 0.0404. The van der Waals surface area contributed by atoms with Crippen LogP contribution < -0.4 is 4.90 Å². The molecule has 0 saturated carbocycles. The summed E-state index contributed by atoms with van der Waals surface area (Å²) < 4.78 is 1.92. The maximum Gasteiger partial charge on any atom is 0.274 e. The summed E-state index contributed by atoms with van der Waals surface area (Å²) in [6.07, 6.45) is 7.03. The van der Waals surface area contributed by atoms with Gasteiger partial charge < -0.3 is 9.80 Å². The molecule has 1 atom stereocenters. The molecular formula is C17H24N6O. The van der Waals surface area contributed by atoms with E-state index in [2.05, 4.69) is 15.3 Å². The molecule has 1 aliphatic rings. The maximum atomic E-state index is 12.9. The summed E-state index contributed by atoms with van der Waals surface area (Å²) in [5, 5.41) is 12.6. The van der Waals surface area contributed by atoms with Crippen LogP contribution in [0.3, 0.4) is 0 Å². The molecule has 2 aromatic rings. The monoisotopic (exact) mass is 328 g/mol. The van der Waals surface area contributed by atoms with Crippen molar-refractivity contribution in [3.63, 3.8) is 0 Å². The lowest BCUT2D eigenvalue weighted by atomic mass is 10.0. The number of hydrogen-bond donors (Lipinski definition) is 0. The molecule has 3 rings (SSSR count). The van der Waals surface area contributed by atoms with Crippen LogP contribution in [0.25, 0.3) is 0 Å². The number of aromatic nitrogens is 4. The van der Waals surface area contributed by atoms with Gasteiger partial charge in [0.2, 0.25) is 0 Å². The van der Waals surface area contributed by atoms with E-state index in [4.69, 9.17) is 0 Å². The molecule has 2 aromatic heterocycles. The average molecular weight is 328 g/mol. The van der Waals surface area contributed by atoms with Crippen LogP contribution >= 0.6 is 0 Å². The smallest absolute Gasteiger partial charge is 0.274 e. The number of hydrogen-bond acceptors (Lipinski definition) is 5. The van der Waals surface area contributed by atoms with Gasteiger partial charge in [0.05, 0.1) is 18.8 Å². The Kier molecular flexibility index (Phi) is 4.78. The van der Waals surface area contributed by atoms with Crippen molar-refractivity contribution < 1.29 is 4.79 Å². The van der Waals surface area contributed by atoms with Gasteiger partial charge in [-0.1, -0.05) is 0 Å². The number of carbonyl (C=O) groups is 1. The van der Waals surface area contributed by atoms with Crippen LogP contribution in [0.2, 0.25) is 0 Å². The Morgan fingerprint density at radius 2 is 2.12 bits per heavy atom. The lowest BCUT2D eigenvalue weighted by Gasteiger charge is -2.35. The Morgan fingerprint density at radius 3 is 2.75 bits per heavy atom. The molecule has 1 saturated heterocycles. The lowest BCUT2D eigenvalue weighted by molar-refractivity contribution is 0.0576. The maximum absolute atomic E-state index is 12.9. The zero-order valence-electron chi connectivity index (χ0n) is 14.5. The molecule has 128 valence electrons. The van der Waals surface area contributed by atoms with Gasteiger partial charge in [0.1, 0.15) is 0 Å². The van der Waals surface area contributed by atoms with Crippen molar-refractivity contribution in [2.24, 2.45) is 0 Å². The van der Waals surface area contributed by atoms with Crippen LogP contribution in [0.4, 0.5) is 5.82 Å². The van der Waals surface area contributed by atoms with Crippen molar-refractivity contribution >= 4 is 11.7 Å². The normalized spacial score (nSPS) is 17.8. The van der Waals surface area contributed by atoms with Gasteiger partial charge in [-0.05, 0) is 43.9 Å². The molecule has 1 amide bonds. The molecule has 7 heteroatoms. The van der Waals surface area contributed by atoms with E-state index in [1.165, 1.54) is 0 Å². The van der Waals surface area contributed by atoms with Gasteiger partial charge in [-0.3, -0.25) is 9.48 Å². The summed E-state index contributed by atoms with van der Waals surface area (Å²) in [7, 11) is 3.80.